The first-order valence-electron chi connectivity index (χ1n) is 11.3. The number of ether oxygens (including phenoxy) is 2. The summed E-state index contributed by atoms with van der Waals surface area (Å²) in [7, 11) is 1.64. The predicted octanol–water partition coefficient (Wildman–Crippen LogP) is 4.63. The van der Waals surface area contributed by atoms with E-state index in [4.69, 9.17) is 9.47 Å². The lowest BCUT2D eigenvalue weighted by molar-refractivity contribution is -0.00545. The molecule has 0 radical (unpaired) electrons. The van der Waals surface area contributed by atoms with Crippen molar-refractivity contribution < 1.29 is 14.3 Å². The van der Waals surface area contributed by atoms with E-state index in [9.17, 15) is 4.79 Å². The van der Waals surface area contributed by atoms with Crippen molar-refractivity contribution in [2.24, 2.45) is 0 Å². The maximum absolute atomic E-state index is 13.3. The highest BCUT2D eigenvalue weighted by atomic mass is 16.5. The maximum atomic E-state index is 13.3. The third kappa shape index (κ3) is 4.30. The second-order valence-corrected chi connectivity index (χ2v) is 8.52. The number of nitrogens with zero attached hydrogens (tertiary/aromatic N) is 3. The zero-order chi connectivity index (χ0) is 22.8. The predicted molar refractivity (Wildman–Crippen MR) is 128 cm³/mol. The van der Waals surface area contributed by atoms with Crippen molar-refractivity contribution in [3.63, 3.8) is 0 Å². The molecule has 3 heterocycles. The van der Waals surface area contributed by atoms with E-state index >= 15 is 0 Å². The monoisotopic (exact) mass is 436 g/mol. The molecule has 0 saturated carbocycles. The summed E-state index contributed by atoms with van der Waals surface area (Å²) in [5.74, 6) is 1.49. The van der Waals surface area contributed by atoms with Crippen LogP contribution < -0.4 is 15.0 Å². The van der Waals surface area contributed by atoms with Crippen LogP contribution in [-0.4, -0.2) is 47.9 Å². The summed E-state index contributed by atoms with van der Waals surface area (Å²) in [6.07, 6.45) is 3.04. The van der Waals surface area contributed by atoms with Crippen LogP contribution in [0.15, 0.2) is 36.5 Å². The Morgan fingerprint density at radius 3 is 2.59 bits per heavy atom. The molecule has 0 spiro atoms. The fourth-order valence-electron chi connectivity index (χ4n) is 4.59. The number of aryl methyl sites for hydroxylation is 1. The van der Waals surface area contributed by atoms with Crippen LogP contribution >= 0.6 is 0 Å². The third-order valence-corrected chi connectivity index (χ3v) is 5.95. The average molecular weight is 437 g/mol. The van der Waals surface area contributed by atoms with Gasteiger partial charge in [-0.25, -0.2) is 4.98 Å². The summed E-state index contributed by atoms with van der Waals surface area (Å²) < 4.78 is 13.4. The molecule has 7 nitrogen and oxygen atoms in total. The van der Waals surface area contributed by atoms with Gasteiger partial charge in [0.25, 0.3) is 5.91 Å². The first-order valence-corrected chi connectivity index (χ1v) is 11.3. The lowest BCUT2D eigenvalue weighted by Gasteiger charge is -2.36. The molecule has 1 saturated heterocycles. The number of benzene rings is 1. The van der Waals surface area contributed by atoms with Crippen LogP contribution in [0.3, 0.4) is 0 Å². The quantitative estimate of drug-likeness (QED) is 0.610. The van der Waals surface area contributed by atoms with Gasteiger partial charge < -0.3 is 24.3 Å². The van der Waals surface area contributed by atoms with Gasteiger partial charge in [-0.2, -0.15) is 0 Å². The van der Waals surface area contributed by atoms with Gasteiger partial charge in [0, 0.05) is 36.2 Å². The van der Waals surface area contributed by atoms with E-state index in [1.54, 1.807) is 13.3 Å². The zero-order valence-electron chi connectivity index (χ0n) is 19.5. The highest BCUT2D eigenvalue weighted by molar-refractivity contribution is 6.14. The van der Waals surface area contributed by atoms with Crippen molar-refractivity contribution in [3.8, 4) is 5.75 Å². The summed E-state index contributed by atoms with van der Waals surface area (Å²) in [6, 6.07) is 9.76. The van der Waals surface area contributed by atoms with E-state index in [0.717, 1.165) is 54.2 Å². The number of pyridine rings is 1. The molecule has 0 bridgehead atoms. The van der Waals surface area contributed by atoms with E-state index < -0.39 is 0 Å². The second kappa shape index (κ2) is 9.20. The van der Waals surface area contributed by atoms with Gasteiger partial charge in [0.05, 0.1) is 36.8 Å². The Hall–Kier alpha value is -3.06. The summed E-state index contributed by atoms with van der Waals surface area (Å²) in [5.41, 5.74) is 3.34. The minimum Gasteiger partial charge on any atom is -0.497 e. The topological polar surface area (TPSA) is 68.6 Å². The Balaban J connectivity index is 1.59. The molecule has 0 aliphatic carbocycles. The molecule has 1 N–H and O–H groups in total. The van der Waals surface area contributed by atoms with Crippen LogP contribution in [0.1, 0.15) is 43.2 Å². The van der Waals surface area contributed by atoms with Crippen molar-refractivity contribution in [3.05, 3.63) is 47.8 Å². The van der Waals surface area contributed by atoms with E-state index in [1.165, 1.54) is 0 Å². The molecule has 32 heavy (non-hydrogen) atoms. The summed E-state index contributed by atoms with van der Waals surface area (Å²) in [6.45, 7) is 10.8. The number of rotatable bonds is 6. The van der Waals surface area contributed by atoms with E-state index in [-0.39, 0.29) is 18.1 Å². The lowest BCUT2D eigenvalue weighted by Crippen LogP contribution is -2.45. The van der Waals surface area contributed by atoms with Crippen molar-refractivity contribution in [1.82, 2.24) is 9.55 Å². The molecule has 1 fully saturated rings. The second-order valence-electron chi connectivity index (χ2n) is 8.52. The minimum atomic E-state index is -0.140. The number of methoxy groups -OCH3 is 1. The van der Waals surface area contributed by atoms with Gasteiger partial charge in [-0.3, -0.25) is 4.79 Å². The standard InChI is InChI=1S/C25H32N4O3/c1-6-11-29-18(4)24(21-12-20(31-5)8-9-22(21)29)25(30)27-19-7-10-23(26-13-19)28-14-16(2)32-17(3)15-28/h7-10,12-13,16-17H,6,11,14-15H2,1-5H3,(H,27,30)/t16-,17+. The Labute approximate surface area is 189 Å². The third-order valence-electron chi connectivity index (χ3n) is 5.95. The van der Waals surface area contributed by atoms with Crippen molar-refractivity contribution in [1.29, 1.82) is 0 Å². The zero-order valence-corrected chi connectivity index (χ0v) is 19.5. The van der Waals surface area contributed by atoms with Crippen molar-refractivity contribution >= 4 is 28.3 Å². The molecule has 7 heteroatoms. The SMILES string of the molecule is CCCn1c(C)c(C(=O)Nc2ccc(N3C[C@@H](C)O[C@@H](C)C3)nc2)c2cc(OC)ccc21. The summed E-state index contributed by atoms with van der Waals surface area (Å²) in [4.78, 5) is 20.1. The van der Waals surface area contributed by atoms with Crippen molar-refractivity contribution in [2.45, 2.75) is 52.9 Å². The number of fused-ring (bicyclic) bond motifs is 1. The van der Waals surface area contributed by atoms with Crippen LogP contribution in [0.2, 0.25) is 0 Å². The Kier molecular flexibility index (Phi) is 6.37. The minimum absolute atomic E-state index is 0.140. The number of hydrogen-bond donors (Lipinski definition) is 1. The van der Waals surface area contributed by atoms with Crippen LogP contribution in [0, 0.1) is 6.92 Å². The average Bonchev–Trinajstić information content (AvgIpc) is 3.04. The molecule has 170 valence electrons. The molecule has 4 rings (SSSR count). The van der Waals surface area contributed by atoms with Gasteiger partial charge in [0.15, 0.2) is 0 Å². The highest BCUT2D eigenvalue weighted by Crippen LogP contribution is 2.30. The fourth-order valence-corrected chi connectivity index (χ4v) is 4.59. The lowest BCUT2D eigenvalue weighted by atomic mass is 10.1. The summed E-state index contributed by atoms with van der Waals surface area (Å²) in [5, 5.41) is 3.93. The van der Waals surface area contributed by atoms with Gasteiger partial charge in [-0.05, 0) is 57.5 Å². The Morgan fingerprint density at radius 1 is 1.22 bits per heavy atom. The van der Waals surface area contributed by atoms with Gasteiger partial charge in [-0.1, -0.05) is 6.92 Å². The fraction of sp³-hybridized carbons (Fsp3) is 0.440. The van der Waals surface area contributed by atoms with Crippen LogP contribution in [0.5, 0.6) is 5.75 Å². The van der Waals surface area contributed by atoms with Crippen LogP contribution in [0.4, 0.5) is 11.5 Å². The number of anilines is 2. The largest absolute Gasteiger partial charge is 0.497 e. The van der Waals surface area contributed by atoms with Gasteiger partial charge >= 0.3 is 0 Å². The number of hydrogen-bond acceptors (Lipinski definition) is 5. The first-order chi connectivity index (χ1) is 15.4. The molecule has 1 aromatic carbocycles. The Bertz CT molecular complexity index is 1100. The molecular weight excluding hydrogens is 404 g/mol. The molecule has 3 aromatic rings. The number of carbonyl (C=O) groups is 1. The van der Waals surface area contributed by atoms with Crippen LogP contribution in [0.25, 0.3) is 10.9 Å². The maximum Gasteiger partial charge on any atom is 0.258 e. The Morgan fingerprint density at radius 2 is 1.97 bits per heavy atom. The molecule has 1 aliphatic heterocycles. The summed E-state index contributed by atoms with van der Waals surface area (Å²) >= 11 is 0. The van der Waals surface area contributed by atoms with Gasteiger partial charge in [-0.15, -0.1) is 0 Å². The number of amides is 1. The molecule has 2 atom stereocenters. The number of aromatic nitrogens is 2. The van der Waals surface area contributed by atoms with Gasteiger partial charge in [0.1, 0.15) is 11.6 Å². The van der Waals surface area contributed by atoms with Gasteiger partial charge in [0.2, 0.25) is 0 Å². The number of nitrogens with one attached hydrogen (secondary N) is 1. The van der Waals surface area contributed by atoms with E-state index in [0.29, 0.717) is 11.3 Å². The molecular formula is C25H32N4O3. The smallest absolute Gasteiger partial charge is 0.258 e. The normalized spacial score (nSPS) is 18.7. The van der Waals surface area contributed by atoms with E-state index in [1.807, 2.05) is 37.3 Å². The van der Waals surface area contributed by atoms with Crippen LogP contribution in [-0.2, 0) is 11.3 Å². The van der Waals surface area contributed by atoms with E-state index in [2.05, 4.69) is 40.5 Å². The molecule has 2 aromatic heterocycles. The number of morpholine rings is 1. The molecule has 1 amide bonds. The molecule has 0 unspecified atom stereocenters. The molecule has 1 aliphatic rings. The van der Waals surface area contributed by atoms with Crippen molar-refractivity contribution in [2.75, 3.05) is 30.4 Å². The highest BCUT2D eigenvalue weighted by Gasteiger charge is 2.24. The number of carbonyl (C=O) groups excluding carboxylic acids is 1. The first kappa shape index (κ1) is 22.1.